The number of hydrogen-bond donors (Lipinski definition) is 5. The lowest BCUT2D eigenvalue weighted by atomic mass is 9.82. The largest absolute Gasteiger partial charge is 0.481 e. The second-order valence-corrected chi connectivity index (χ2v) is 6.69. The molecular weight excluding hydrogens is 357 g/mol. The van der Waals surface area contributed by atoms with E-state index >= 15 is 0 Å². The van der Waals surface area contributed by atoms with E-state index in [9.17, 15) is 24.3 Å². The molecule has 4 atom stereocenters. The summed E-state index contributed by atoms with van der Waals surface area (Å²) in [7, 11) is -0.356. The first kappa shape index (κ1) is 22.6. The molecule has 5 N–H and O–H groups in total. The van der Waals surface area contributed by atoms with Crippen LogP contribution < -0.4 is 15.8 Å². The summed E-state index contributed by atoms with van der Waals surface area (Å²) in [5.41, 5.74) is 0. The van der Waals surface area contributed by atoms with Gasteiger partial charge in [0.1, 0.15) is 6.10 Å². The van der Waals surface area contributed by atoms with E-state index in [1.807, 2.05) is 19.1 Å². The van der Waals surface area contributed by atoms with Crippen molar-refractivity contribution in [1.82, 2.24) is 15.8 Å². The first-order valence-corrected chi connectivity index (χ1v) is 9.12. The molecule has 0 aromatic heterocycles. The molecule has 0 radical (unpaired) electrons. The average Bonchev–Trinajstić information content (AvgIpc) is 2.97. The minimum atomic E-state index is -1.31. The number of aliphatic carboxylic acids is 1. The van der Waals surface area contributed by atoms with Crippen LogP contribution in [0.15, 0.2) is 0 Å². The van der Waals surface area contributed by atoms with Crippen molar-refractivity contribution < 1.29 is 34.1 Å². The fraction of sp³-hybridized carbons (Fsp3) is 0.750. The van der Waals surface area contributed by atoms with Crippen molar-refractivity contribution in [2.75, 3.05) is 0 Å². The number of amides is 3. The Morgan fingerprint density at radius 3 is 2.22 bits per heavy atom. The van der Waals surface area contributed by atoms with Gasteiger partial charge in [0, 0.05) is 18.9 Å². The summed E-state index contributed by atoms with van der Waals surface area (Å²) in [5, 5.41) is 25.1. The summed E-state index contributed by atoms with van der Waals surface area (Å²) in [4.78, 5) is 45.7. The smallest absolute Gasteiger partial charge is 0.396 e. The van der Waals surface area contributed by atoms with Crippen LogP contribution in [-0.2, 0) is 14.3 Å². The highest BCUT2D eigenvalue weighted by Gasteiger charge is 2.47. The monoisotopic (exact) mass is 385 g/mol. The van der Waals surface area contributed by atoms with Crippen molar-refractivity contribution in [2.24, 2.45) is 17.8 Å². The van der Waals surface area contributed by atoms with Crippen molar-refractivity contribution in [2.45, 2.75) is 58.6 Å². The normalized spacial score (nSPS) is 22.6. The first-order valence-electron chi connectivity index (χ1n) is 9.12. The third kappa shape index (κ3) is 6.65. The molecule has 0 aliphatic heterocycles. The number of hydrogen-bond acceptors (Lipinski definition) is 5. The predicted molar refractivity (Wildman–Crippen MR) is 97.2 cm³/mol. The number of carboxylic acid groups (broad SMARTS) is 2. The summed E-state index contributed by atoms with van der Waals surface area (Å²) in [5.74, 6) is -2.38. The van der Waals surface area contributed by atoms with Gasteiger partial charge < -0.3 is 30.7 Å². The lowest BCUT2D eigenvalue weighted by Gasteiger charge is -2.35. The molecule has 1 rings (SSSR count). The van der Waals surface area contributed by atoms with Crippen LogP contribution >= 0.6 is 0 Å². The number of rotatable bonds is 9. The van der Waals surface area contributed by atoms with Crippen molar-refractivity contribution in [3.8, 4) is 0 Å². The van der Waals surface area contributed by atoms with E-state index in [4.69, 9.17) is 9.84 Å². The van der Waals surface area contributed by atoms with Crippen LogP contribution in [0.5, 0.6) is 0 Å². The van der Waals surface area contributed by atoms with E-state index in [1.54, 1.807) is 0 Å². The lowest BCUT2D eigenvalue weighted by molar-refractivity contribution is -0.145. The Kier molecular flexibility index (Phi) is 8.90. The standard InChI is InChI=1S/C16H28BN3O7/c1-4-9(5-2)12(18-8(3)21)10-6-7-11(14(22)23)13(10)27-16(26)20-17-19-15(24)25/h9-13,17,19H,4-7H2,1-3H3,(H,18,21)(H,20,26)(H,22,23)(H,24,25)/t10?,11-,12+,13-/m0/s1. The average molecular weight is 385 g/mol. The van der Waals surface area contributed by atoms with Crippen molar-refractivity contribution in [1.29, 1.82) is 0 Å². The Bertz CT molecular complexity index is 556. The van der Waals surface area contributed by atoms with Gasteiger partial charge in [-0.05, 0) is 18.8 Å². The zero-order chi connectivity index (χ0) is 20.6. The molecule has 0 aromatic rings. The van der Waals surface area contributed by atoms with E-state index in [2.05, 4.69) is 10.5 Å². The molecule has 0 aromatic carbocycles. The first-order chi connectivity index (χ1) is 12.7. The zero-order valence-corrected chi connectivity index (χ0v) is 15.9. The number of carboxylic acids is 1. The van der Waals surface area contributed by atoms with Crippen LogP contribution in [0.1, 0.15) is 46.5 Å². The second-order valence-electron chi connectivity index (χ2n) is 6.69. The molecule has 1 fully saturated rings. The predicted octanol–water partition coefficient (Wildman–Crippen LogP) is 0.667. The van der Waals surface area contributed by atoms with Crippen molar-refractivity contribution in [3.05, 3.63) is 0 Å². The third-order valence-electron chi connectivity index (χ3n) is 5.05. The van der Waals surface area contributed by atoms with Gasteiger partial charge in [-0.3, -0.25) is 9.59 Å². The molecule has 0 saturated heterocycles. The molecule has 152 valence electrons. The number of carbonyl (C=O) groups excluding carboxylic acids is 2. The van der Waals surface area contributed by atoms with Crippen LogP contribution in [-0.4, -0.2) is 54.0 Å². The Morgan fingerprint density at radius 2 is 1.74 bits per heavy atom. The summed E-state index contributed by atoms with van der Waals surface area (Å²) in [6.45, 7) is 5.39. The van der Waals surface area contributed by atoms with Gasteiger partial charge in [-0.25, -0.2) is 9.59 Å². The quantitative estimate of drug-likeness (QED) is 0.365. The van der Waals surface area contributed by atoms with Gasteiger partial charge in [0.05, 0.1) is 5.92 Å². The molecule has 0 bridgehead atoms. The molecule has 1 unspecified atom stereocenters. The number of carbonyl (C=O) groups is 4. The van der Waals surface area contributed by atoms with E-state index in [0.717, 1.165) is 12.8 Å². The summed E-state index contributed by atoms with van der Waals surface area (Å²) in [6, 6.07) is -0.309. The highest BCUT2D eigenvalue weighted by molar-refractivity contribution is 6.37. The second kappa shape index (κ2) is 10.6. The summed E-state index contributed by atoms with van der Waals surface area (Å²) >= 11 is 0. The topological polar surface area (TPSA) is 154 Å². The minimum Gasteiger partial charge on any atom is -0.481 e. The molecular formula is C16H28BN3O7. The fourth-order valence-electron chi connectivity index (χ4n) is 3.78. The SMILES string of the molecule is CCC(CC)[C@@H](NC(C)=O)C1CC[C@H](C(=O)O)[C@H]1OC(=O)NBNC(=O)O. The summed E-state index contributed by atoms with van der Waals surface area (Å²) < 4.78 is 5.37. The minimum absolute atomic E-state index is 0.120. The Morgan fingerprint density at radius 1 is 1.11 bits per heavy atom. The van der Waals surface area contributed by atoms with Crippen LogP contribution in [0.2, 0.25) is 0 Å². The molecule has 1 saturated carbocycles. The van der Waals surface area contributed by atoms with Gasteiger partial charge in [-0.15, -0.1) is 0 Å². The zero-order valence-electron chi connectivity index (χ0n) is 15.9. The van der Waals surface area contributed by atoms with E-state index in [0.29, 0.717) is 12.8 Å². The molecule has 10 nitrogen and oxygen atoms in total. The lowest BCUT2D eigenvalue weighted by Crippen LogP contribution is -2.50. The van der Waals surface area contributed by atoms with Gasteiger partial charge in [0.15, 0.2) is 0 Å². The molecule has 3 amide bonds. The van der Waals surface area contributed by atoms with Crippen molar-refractivity contribution in [3.63, 3.8) is 0 Å². The van der Waals surface area contributed by atoms with Gasteiger partial charge >= 0.3 is 25.7 Å². The maximum Gasteiger partial charge on any atom is 0.396 e. The number of nitrogens with one attached hydrogen (secondary N) is 3. The Balaban J connectivity index is 2.96. The molecule has 27 heavy (non-hydrogen) atoms. The highest BCUT2D eigenvalue weighted by Crippen LogP contribution is 2.39. The summed E-state index contributed by atoms with van der Waals surface area (Å²) in [6.07, 6.45) is -0.709. The Hall–Kier alpha value is -2.46. The molecule has 11 heteroatoms. The van der Waals surface area contributed by atoms with E-state index < -0.39 is 30.2 Å². The van der Waals surface area contributed by atoms with Gasteiger partial charge in [0.2, 0.25) is 5.91 Å². The van der Waals surface area contributed by atoms with Crippen LogP contribution in [0.25, 0.3) is 0 Å². The third-order valence-corrected chi connectivity index (χ3v) is 5.05. The van der Waals surface area contributed by atoms with Crippen LogP contribution in [0.4, 0.5) is 9.59 Å². The maximum absolute atomic E-state index is 12.0. The maximum atomic E-state index is 12.0. The highest BCUT2D eigenvalue weighted by atomic mass is 16.6. The van der Waals surface area contributed by atoms with E-state index in [-0.39, 0.29) is 31.3 Å². The van der Waals surface area contributed by atoms with Gasteiger partial charge in [-0.1, -0.05) is 26.7 Å². The molecule has 1 aliphatic carbocycles. The van der Waals surface area contributed by atoms with Gasteiger partial charge in [0.25, 0.3) is 0 Å². The molecule has 0 spiro atoms. The van der Waals surface area contributed by atoms with Crippen LogP contribution in [0.3, 0.4) is 0 Å². The number of ether oxygens (including phenoxy) is 1. The van der Waals surface area contributed by atoms with E-state index in [1.165, 1.54) is 6.92 Å². The molecule has 0 heterocycles. The molecule has 1 aliphatic rings. The van der Waals surface area contributed by atoms with Crippen LogP contribution in [0, 0.1) is 17.8 Å². The Labute approximate surface area is 158 Å². The fourth-order valence-corrected chi connectivity index (χ4v) is 3.78. The van der Waals surface area contributed by atoms with Crippen molar-refractivity contribution >= 4 is 31.6 Å². The van der Waals surface area contributed by atoms with Gasteiger partial charge in [-0.2, -0.15) is 0 Å².